The summed E-state index contributed by atoms with van der Waals surface area (Å²) in [6.45, 7) is 2.03. The molecule has 1 N–H and O–H groups in total. The summed E-state index contributed by atoms with van der Waals surface area (Å²) in [4.78, 5) is 4.51. The Morgan fingerprint density at radius 1 is 1.06 bits per heavy atom. The number of para-hydroxylation sites is 1. The summed E-state index contributed by atoms with van der Waals surface area (Å²) in [7, 11) is 1.90. The smallest absolute Gasteiger partial charge is 0.227 e. The van der Waals surface area contributed by atoms with Gasteiger partial charge in [0.2, 0.25) is 5.89 Å². The number of oxazole rings is 1. The maximum absolute atomic E-state index is 5.83. The average molecular weight is 238 g/mol. The van der Waals surface area contributed by atoms with Gasteiger partial charge in [-0.3, -0.25) is 0 Å². The maximum Gasteiger partial charge on any atom is 0.227 e. The highest BCUT2D eigenvalue weighted by Gasteiger charge is 2.09. The lowest BCUT2D eigenvalue weighted by Crippen LogP contribution is -1.86. The third-order valence-corrected chi connectivity index (χ3v) is 3.03. The zero-order valence-electron chi connectivity index (χ0n) is 10.4. The van der Waals surface area contributed by atoms with Crippen molar-refractivity contribution in [3.05, 3.63) is 48.0 Å². The van der Waals surface area contributed by atoms with Gasteiger partial charge >= 0.3 is 0 Å². The summed E-state index contributed by atoms with van der Waals surface area (Å²) in [6, 6.07) is 14.0. The van der Waals surface area contributed by atoms with E-state index in [2.05, 4.69) is 10.3 Å². The normalized spacial score (nSPS) is 10.8. The Balaban J connectivity index is 2.10. The number of fused-ring (bicyclic) bond motifs is 1. The van der Waals surface area contributed by atoms with Gasteiger partial charge in [0, 0.05) is 18.3 Å². The minimum atomic E-state index is 0.668. The fraction of sp³-hybridized carbons (Fsp3) is 0.133. The second-order valence-electron chi connectivity index (χ2n) is 4.27. The zero-order chi connectivity index (χ0) is 12.5. The van der Waals surface area contributed by atoms with E-state index in [1.165, 1.54) is 0 Å². The summed E-state index contributed by atoms with van der Waals surface area (Å²) in [5, 5.41) is 3.09. The number of aromatic nitrogens is 1. The van der Waals surface area contributed by atoms with Crippen molar-refractivity contribution < 1.29 is 4.42 Å². The van der Waals surface area contributed by atoms with Crippen LogP contribution in [0.4, 0.5) is 5.69 Å². The van der Waals surface area contributed by atoms with Crippen LogP contribution in [0, 0.1) is 6.92 Å². The number of nitrogens with one attached hydrogen (secondary N) is 1. The summed E-state index contributed by atoms with van der Waals surface area (Å²) < 4.78 is 5.83. The summed E-state index contributed by atoms with van der Waals surface area (Å²) >= 11 is 0. The Morgan fingerprint density at radius 3 is 2.50 bits per heavy atom. The van der Waals surface area contributed by atoms with Crippen LogP contribution in [-0.2, 0) is 0 Å². The van der Waals surface area contributed by atoms with Gasteiger partial charge in [-0.05, 0) is 42.8 Å². The van der Waals surface area contributed by atoms with Crippen molar-refractivity contribution in [3.63, 3.8) is 0 Å². The largest absolute Gasteiger partial charge is 0.436 e. The molecule has 0 spiro atoms. The average Bonchev–Trinajstić information content (AvgIpc) is 2.84. The monoisotopic (exact) mass is 238 g/mol. The Kier molecular flexibility index (Phi) is 2.52. The Morgan fingerprint density at radius 2 is 1.83 bits per heavy atom. The molecule has 0 amide bonds. The number of anilines is 1. The summed E-state index contributed by atoms with van der Waals surface area (Å²) in [6.07, 6.45) is 0. The van der Waals surface area contributed by atoms with Crippen LogP contribution in [0.5, 0.6) is 0 Å². The number of nitrogens with zero attached hydrogens (tertiary/aromatic N) is 1. The van der Waals surface area contributed by atoms with E-state index in [9.17, 15) is 0 Å². The van der Waals surface area contributed by atoms with Crippen molar-refractivity contribution in [3.8, 4) is 11.5 Å². The minimum Gasteiger partial charge on any atom is -0.436 e. The molecule has 1 heterocycles. The lowest BCUT2D eigenvalue weighted by molar-refractivity contribution is 0.617. The molecular weight excluding hydrogens is 224 g/mol. The molecule has 0 aliphatic carbocycles. The molecule has 0 radical (unpaired) electrons. The molecule has 3 nitrogen and oxygen atoms in total. The van der Waals surface area contributed by atoms with Crippen LogP contribution in [-0.4, -0.2) is 12.0 Å². The molecule has 0 fully saturated rings. The van der Waals surface area contributed by atoms with Crippen molar-refractivity contribution >= 4 is 16.8 Å². The van der Waals surface area contributed by atoms with Crippen LogP contribution in [0.1, 0.15) is 5.56 Å². The summed E-state index contributed by atoms with van der Waals surface area (Å²) in [5.74, 6) is 0.668. The van der Waals surface area contributed by atoms with E-state index in [0.717, 1.165) is 27.9 Å². The molecular formula is C15H14N2O. The van der Waals surface area contributed by atoms with Gasteiger partial charge < -0.3 is 9.73 Å². The maximum atomic E-state index is 5.83. The molecule has 2 aromatic carbocycles. The third-order valence-electron chi connectivity index (χ3n) is 3.03. The number of aryl methyl sites for hydroxylation is 1. The Bertz CT molecular complexity index is 683. The van der Waals surface area contributed by atoms with Crippen LogP contribution in [0.15, 0.2) is 46.9 Å². The van der Waals surface area contributed by atoms with Gasteiger partial charge in [-0.1, -0.05) is 12.1 Å². The highest BCUT2D eigenvalue weighted by atomic mass is 16.3. The lowest BCUT2D eigenvalue weighted by atomic mass is 10.2. The van der Waals surface area contributed by atoms with Gasteiger partial charge in [0.25, 0.3) is 0 Å². The van der Waals surface area contributed by atoms with Gasteiger partial charge in [-0.15, -0.1) is 0 Å². The first-order chi connectivity index (χ1) is 8.78. The number of hydrogen-bond donors (Lipinski definition) is 1. The van der Waals surface area contributed by atoms with E-state index < -0.39 is 0 Å². The van der Waals surface area contributed by atoms with Crippen molar-refractivity contribution in [1.29, 1.82) is 0 Å². The second-order valence-corrected chi connectivity index (χ2v) is 4.27. The van der Waals surface area contributed by atoms with Crippen molar-refractivity contribution in [2.75, 3.05) is 12.4 Å². The van der Waals surface area contributed by atoms with Crippen LogP contribution < -0.4 is 5.32 Å². The van der Waals surface area contributed by atoms with Crippen molar-refractivity contribution in [1.82, 2.24) is 4.98 Å². The van der Waals surface area contributed by atoms with E-state index in [-0.39, 0.29) is 0 Å². The van der Waals surface area contributed by atoms with Crippen molar-refractivity contribution in [2.45, 2.75) is 6.92 Å². The fourth-order valence-electron chi connectivity index (χ4n) is 1.99. The fourth-order valence-corrected chi connectivity index (χ4v) is 1.99. The zero-order valence-corrected chi connectivity index (χ0v) is 10.4. The molecule has 0 saturated heterocycles. The molecule has 3 aromatic rings. The molecule has 18 heavy (non-hydrogen) atoms. The number of hydrogen-bond acceptors (Lipinski definition) is 3. The number of rotatable bonds is 2. The van der Waals surface area contributed by atoms with E-state index >= 15 is 0 Å². The molecule has 3 heteroatoms. The minimum absolute atomic E-state index is 0.668. The molecule has 0 aliphatic rings. The predicted octanol–water partition coefficient (Wildman–Crippen LogP) is 3.84. The Labute approximate surface area is 105 Å². The molecule has 90 valence electrons. The van der Waals surface area contributed by atoms with Gasteiger partial charge in [0.15, 0.2) is 5.58 Å². The van der Waals surface area contributed by atoms with E-state index in [1.54, 1.807) is 0 Å². The van der Waals surface area contributed by atoms with E-state index in [1.807, 2.05) is 56.4 Å². The first-order valence-corrected chi connectivity index (χ1v) is 5.92. The topological polar surface area (TPSA) is 38.1 Å². The molecule has 0 atom stereocenters. The quantitative estimate of drug-likeness (QED) is 0.737. The van der Waals surface area contributed by atoms with Crippen LogP contribution in [0.25, 0.3) is 22.6 Å². The first-order valence-electron chi connectivity index (χ1n) is 5.92. The molecule has 0 unspecified atom stereocenters. The van der Waals surface area contributed by atoms with Gasteiger partial charge in [0.1, 0.15) is 5.52 Å². The molecule has 0 aliphatic heterocycles. The van der Waals surface area contributed by atoms with Gasteiger partial charge in [-0.25, -0.2) is 4.98 Å². The molecule has 0 bridgehead atoms. The highest BCUT2D eigenvalue weighted by Crippen LogP contribution is 2.26. The number of benzene rings is 2. The van der Waals surface area contributed by atoms with E-state index in [4.69, 9.17) is 4.42 Å². The molecule has 3 rings (SSSR count). The van der Waals surface area contributed by atoms with Crippen molar-refractivity contribution in [2.24, 2.45) is 0 Å². The van der Waals surface area contributed by atoms with Gasteiger partial charge in [-0.2, -0.15) is 0 Å². The SMILES string of the molecule is CNc1ccc(-c2nc3cccc(C)c3o2)cc1. The first kappa shape index (κ1) is 10.8. The van der Waals surface area contributed by atoms with Crippen LogP contribution in [0.2, 0.25) is 0 Å². The molecule has 1 aromatic heterocycles. The van der Waals surface area contributed by atoms with Crippen LogP contribution in [0.3, 0.4) is 0 Å². The van der Waals surface area contributed by atoms with E-state index in [0.29, 0.717) is 5.89 Å². The molecule has 0 saturated carbocycles. The van der Waals surface area contributed by atoms with Crippen LogP contribution >= 0.6 is 0 Å². The standard InChI is InChI=1S/C15H14N2O/c1-10-4-3-5-13-14(10)18-15(17-13)11-6-8-12(16-2)9-7-11/h3-9,16H,1-2H3. The lowest BCUT2D eigenvalue weighted by Gasteiger charge is -1.99. The highest BCUT2D eigenvalue weighted by molar-refractivity contribution is 5.79. The summed E-state index contributed by atoms with van der Waals surface area (Å²) in [5.41, 5.74) is 4.95. The Hall–Kier alpha value is -2.29. The van der Waals surface area contributed by atoms with Gasteiger partial charge in [0.05, 0.1) is 0 Å². The third kappa shape index (κ3) is 1.74. The predicted molar refractivity (Wildman–Crippen MR) is 73.7 cm³/mol. The second kappa shape index (κ2) is 4.18.